The van der Waals surface area contributed by atoms with Gasteiger partial charge in [0.1, 0.15) is 5.56 Å². The molecule has 1 atom stereocenters. The molecule has 0 saturated carbocycles. The number of pyridine rings is 1. The maximum absolute atomic E-state index is 11.9. The standard InChI is InChI=1S/C12H16ClN3O4/c1-8(7-17)3-2-5-15-12(18)9-4-6-14-11(13)10(9)16(19)20/h4,6,8,17H,2-3,5,7H2,1H3,(H,15,18). The molecule has 0 aliphatic carbocycles. The Labute approximate surface area is 121 Å². The second-order valence-electron chi connectivity index (χ2n) is 4.44. The summed E-state index contributed by atoms with van der Waals surface area (Å²) < 4.78 is 0. The van der Waals surface area contributed by atoms with Crippen molar-refractivity contribution in [2.24, 2.45) is 5.92 Å². The van der Waals surface area contributed by atoms with Crippen molar-refractivity contribution in [3.8, 4) is 0 Å². The number of carbonyl (C=O) groups is 1. The van der Waals surface area contributed by atoms with Crippen molar-refractivity contribution < 1.29 is 14.8 Å². The van der Waals surface area contributed by atoms with E-state index in [-0.39, 0.29) is 23.2 Å². The second-order valence-corrected chi connectivity index (χ2v) is 4.80. The van der Waals surface area contributed by atoms with Crippen LogP contribution in [0, 0.1) is 16.0 Å². The van der Waals surface area contributed by atoms with E-state index in [0.29, 0.717) is 13.0 Å². The minimum absolute atomic E-state index is 0.0966. The van der Waals surface area contributed by atoms with E-state index in [0.717, 1.165) is 6.42 Å². The van der Waals surface area contributed by atoms with Crippen LogP contribution in [0.25, 0.3) is 0 Å². The lowest BCUT2D eigenvalue weighted by atomic mass is 10.1. The van der Waals surface area contributed by atoms with E-state index in [1.165, 1.54) is 12.3 Å². The molecule has 0 aliphatic rings. The summed E-state index contributed by atoms with van der Waals surface area (Å²) in [6.45, 7) is 2.37. The highest BCUT2D eigenvalue weighted by molar-refractivity contribution is 6.32. The Hall–Kier alpha value is -1.73. The van der Waals surface area contributed by atoms with E-state index in [4.69, 9.17) is 16.7 Å². The number of nitro groups is 1. The SMILES string of the molecule is CC(CO)CCCNC(=O)c1ccnc(Cl)c1[N+](=O)[O-]. The number of aliphatic hydroxyl groups excluding tert-OH is 1. The topological polar surface area (TPSA) is 105 Å². The smallest absolute Gasteiger partial charge is 0.319 e. The molecule has 0 aromatic carbocycles. The van der Waals surface area contributed by atoms with Crippen molar-refractivity contribution >= 4 is 23.2 Å². The average molecular weight is 302 g/mol. The number of hydrogen-bond donors (Lipinski definition) is 2. The van der Waals surface area contributed by atoms with Crippen LogP contribution >= 0.6 is 11.6 Å². The molecule has 1 aromatic heterocycles. The maximum atomic E-state index is 11.9. The molecule has 8 heteroatoms. The summed E-state index contributed by atoms with van der Waals surface area (Å²) in [6.07, 6.45) is 2.69. The zero-order valence-electron chi connectivity index (χ0n) is 11.0. The van der Waals surface area contributed by atoms with E-state index in [1.807, 2.05) is 6.92 Å². The summed E-state index contributed by atoms with van der Waals surface area (Å²) in [5, 5.41) is 22.0. The van der Waals surface area contributed by atoms with Crippen molar-refractivity contribution in [1.82, 2.24) is 10.3 Å². The van der Waals surface area contributed by atoms with Crippen LogP contribution in [0.3, 0.4) is 0 Å². The third kappa shape index (κ3) is 4.43. The number of carbonyl (C=O) groups excluding carboxylic acids is 1. The third-order valence-corrected chi connectivity index (χ3v) is 3.05. The molecule has 1 aromatic rings. The highest BCUT2D eigenvalue weighted by atomic mass is 35.5. The fraction of sp³-hybridized carbons (Fsp3) is 0.500. The molecule has 110 valence electrons. The maximum Gasteiger partial charge on any atom is 0.319 e. The van der Waals surface area contributed by atoms with Crippen LogP contribution in [0.5, 0.6) is 0 Å². The molecule has 1 heterocycles. The van der Waals surface area contributed by atoms with Gasteiger partial charge in [0.2, 0.25) is 5.15 Å². The minimum Gasteiger partial charge on any atom is -0.396 e. The van der Waals surface area contributed by atoms with E-state index in [9.17, 15) is 14.9 Å². The summed E-state index contributed by atoms with van der Waals surface area (Å²) in [5.74, 6) is -0.394. The number of amides is 1. The zero-order valence-corrected chi connectivity index (χ0v) is 11.8. The monoisotopic (exact) mass is 301 g/mol. The van der Waals surface area contributed by atoms with E-state index < -0.39 is 16.5 Å². The van der Waals surface area contributed by atoms with Crippen LogP contribution in [0.2, 0.25) is 5.15 Å². The van der Waals surface area contributed by atoms with Crippen LogP contribution in [0.1, 0.15) is 30.1 Å². The molecule has 0 spiro atoms. The molecule has 0 radical (unpaired) electrons. The van der Waals surface area contributed by atoms with Crippen molar-refractivity contribution in [2.45, 2.75) is 19.8 Å². The summed E-state index contributed by atoms with van der Waals surface area (Å²) in [7, 11) is 0. The highest BCUT2D eigenvalue weighted by Crippen LogP contribution is 2.25. The number of hydrogen-bond acceptors (Lipinski definition) is 5. The van der Waals surface area contributed by atoms with E-state index >= 15 is 0 Å². The van der Waals surface area contributed by atoms with E-state index in [1.54, 1.807) is 0 Å². The number of aliphatic hydroxyl groups is 1. The van der Waals surface area contributed by atoms with Crippen molar-refractivity contribution in [3.05, 3.63) is 33.1 Å². The Kier molecular flexibility index (Phi) is 6.33. The molecular formula is C12H16ClN3O4. The summed E-state index contributed by atoms with van der Waals surface area (Å²) in [6, 6.07) is 1.26. The Morgan fingerprint density at radius 3 is 2.95 bits per heavy atom. The van der Waals surface area contributed by atoms with Gasteiger partial charge in [-0.3, -0.25) is 14.9 Å². The highest BCUT2D eigenvalue weighted by Gasteiger charge is 2.24. The molecule has 1 unspecified atom stereocenters. The normalized spacial score (nSPS) is 11.9. The molecule has 0 aliphatic heterocycles. The van der Waals surface area contributed by atoms with Crippen molar-refractivity contribution in [2.75, 3.05) is 13.2 Å². The first-order valence-electron chi connectivity index (χ1n) is 6.15. The predicted octanol–water partition coefficient (Wildman–Crippen LogP) is 1.78. The molecule has 0 saturated heterocycles. The van der Waals surface area contributed by atoms with Gasteiger partial charge in [-0.05, 0) is 24.8 Å². The van der Waals surface area contributed by atoms with Gasteiger partial charge >= 0.3 is 5.69 Å². The summed E-state index contributed by atoms with van der Waals surface area (Å²) in [4.78, 5) is 25.6. The van der Waals surface area contributed by atoms with E-state index in [2.05, 4.69) is 10.3 Å². The molecule has 1 amide bonds. The van der Waals surface area contributed by atoms with Crippen LogP contribution in [-0.4, -0.2) is 34.1 Å². The average Bonchev–Trinajstić information content (AvgIpc) is 2.42. The Morgan fingerprint density at radius 2 is 2.35 bits per heavy atom. The van der Waals surface area contributed by atoms with Gasteiger partial charge in [-0.15, -0.1) is 0 Å². The van der Waals surface area contributed by atoms with Crippen molar-refractivity contribution in [1.29, 1.82) is 0 Å². The van der Waals surface area contributed by atoms with Crippen LogP contribution in [-0.2, 0) is 0 Å². The van der Waals surface area contributed by atoms with Crippen LogP contribution in [0.4, 0.5) is 5.69 Å². The Balaban J connectivity index is 2.64. The molecular weight excluding hydrogens is 286 g/mol. The first-order valence-corrected chi connectivity index (χ1v) is 6.53. The lowest BCUT2D eigenvalue weighted by Gasteiger charge is -2.08. The Bertz CT molecular complexity index is 496. The fourth-order valence-electron chi connectivity index (χ4n) is 1.62. The summed E-state index contributed by atoms with van der Waals surface area (Å²) in [5.41, 5.74) is -0.597. The second kappa shape index (κ2) is 7.76. The van der Waals surface area contributed by atoms with Gasteiger partial charge in [0.05, 0.1) is 4.92 Å². The molecule has 0 fully saturated rings. The number of nitrogens with one attached hydrogen (secondary N) is 1. The first kappa shape index (κ1) is 16.3. The number of rotatable bonds is 7. The Morgan fingerprint density at radius 1 is 1.65 bits per heavy atom. The van der Waals surface area contributed by atoms with Crippen molar-refractivity contribution in [3.63, 3.8) is 0 Å². The van der Waals surface area contributed by atoms with Gasteiger partial charge in [0.25, 0.3) is 5.91 Å². The quantitative estimate of drug-likeness (QED) is 0.345. The number of halogens is 1. The summed E-state index contributed by atoms with van der Waals surface area (Å²) >= 11 is 5.63. The number of nitrogens with zero attached hydrogens (tertiary/aromatic N) is 2. The molecule has 20 heavy (non-hydrogen) atoms. The molecule has 0 bridgehead atoms. The zero-order chi connectivity index (χ0) is 15.1. The third-order valence-electron chi connectivity index (χ3n) is 2.78. The lowest BCUT2D eigenvalue weighted by Crippen LogP contribution is -2.25. The molecule has 2 N–H and O–H groups in total. The lowest BCUT2D eigenvalue weighted by molar-refractivity contribution is -0.385. The molecule has 7 nitrogen and oxygen atoms in total. The van der Waals surface area contributed by atoms with Crippen LogP contribution in [0.15, 0.2) is 12.3 Å². The molecule has 1 rings (SSSR count). The van der Waals surface area contributed by atoms with Gasteiger partial charge in [0.15, 0.2) is 0 Å². The van der Waals surface area contributed by atoms with Gasteiger partial charge in [0, 0.05) is 19.3 Å². The van der Waals surface area contributed by atoms with Gasteiger partial charge in [-0.2, -0.15) is 0 Å². The van der Waals surface area contributed by atoms with Gasteiger partial charge in [-0.25, -0.2) is 4.98 Å². The van der Waals surface area contributed by atoms with Gasteiger partial charge in [-0.1, -0.05) is 18.5 Å². The largest absolute Gasteiger partial charge is 0.396 e. The van der Waals surface area contributed by atoms with Crippen LogP contribution < -0.4 is 5.32 Å². The number of aromatic nitrogens is 1. The fourth-order valence-corrected chi connectivity index (χ4v) is 1.85. The predicted molar refractivity (Wildman–Crippen MR) is 73.7 cm³/mol. The first-order chi connectivity index (χ1) is 9.47. The van der Waals surface area contributed by atoms with Gasteiger partial charge < -0.3 is 10.4 Å². The minimum atomic E-state index is -0.724.